The molecule has 0 unspecified atom stereocenters. The van der Waals surface area contributed by atoms with Gasteiger partial charge < -0.3 is 10.5 Å². The Bertz CT molecular complexity index is 563. The van der Waals surface area contributed by atoms with E-state index in [-0.39, 0.29) is 22.2 Å². The van der Waals surface area contributed by atoms with Crippen molar-refractivity contribution in [3.63, 3.8) is 0 Å². The minimum absolute atomic E-state index is 0.185. The van der Waals surface area contributed by atoms with E-state index >= 15 is 0 Å². The molecule has 0 fully saturated rings. The number of nitrogen functional groups attached to an aromatic ring is 1. The van der Waals surface area contributed by atoms with E-state index in [0.29, 0.717) is 0 Å². The fourth-order valence-corrected chi connectivity index (χ4v) is 1.34. The molecule has 0 amide bonds. The van der Waals surface area contributed by atoms with Gasteiger partial charge in [0.15, 0.2) is 11.6 Å². The summed E-state index contributed by atoms with van der Waals surface area (Å²) in [6, 6.07) is 3.15. The van der Waals surface area contributed by atoms with Crippen molar-refractivity contribution < 1.29 is 13.5 Å². The number of ether oxygens (including phenoxy) is 1. The Kier molecular flexibility index (Phi) is 3.10. The van der Waals surface area contributed by atoms with Crippen molar-refractivity contribution in [1.82, 2.24) is 4.98 Å². The van der Waals surface area contributed by atoms with Crippen LogP contribution >= 0.6 is 11.6 Å². The highest BCUT2D eigenvalue weighted by Gasteiger charge is 2.11. The summed E-state index contributed by atoms with van der Waals surface area (Å²) < 4.78 is 31.7. The molecule has 2 aromatic rings. The third-order valence-electron chi connectivity index (χ3n) is 2.01. The standard InChI is InChI=1S/C11H7ClF2N2O/c12-6-5-16-2-1-10(6)17-11-4-7(13)9(15)3-8(11)14/h1-5H,15H2. The zero-order valence-corrected chi connectivity index (χ0v) is 9.21. The second-order valence-electron chi connectivity index (χ2n) is 3.21. The van der Waals surface area contributed by atoms with Crippen LogP contribution in [0.25, 0.3) is 0 Å². The Morgan fingerprint density at radius 1 is 1.18 bits per heavy atom. The van der Waals surface area contributed by atoms with Crippen molar-refractivity contribution in [2.24, 2.45) is 0 Å². The van der Waals surface area contributed by atoms with Crippen molar-refractivity contribution in [2.45, 2.75) is 0 Å². The quantitative estimate of drug-likeness (QED) is 0.838. The molecule has 0 saturated carbocycles. The van der Waals surface area contributed by atoms with Crippen LogP contribution in [0.2, 0.25) is 5.02 Å². The van der Waals surface area contributed by atoms with E-state index in [1.807, 2.05) is 0 Å². The Morgan fingerprint density at radius 3 is 2.65 bits per heavy atom. The highest BCUT2D eigenvalue weighted by Crippen LogP contribution is 2.31. The molecule has 0 bridgehead atoms. The SMILES string of the molecule is Nc1cc(F)c(Oc2ccncc2Cl)cc1F. The number of nitrogens with zero attached hydrogens (tertiary/aromatic N) is 1. The van der Waals surface area contributed by atoms with Crippen LogP contribution in [0.15, 0.2) is 30.6 Å². The monoisotopic (exact) mass is 256 g/mol. The van der Waals surface area contributed by atoms with Gasteiger partial charge in [0.25, 0.3) is 0 Å². The predicted octanol–water partition coefficient (Wildman–Crippen LogP) is 3.39. The Morgan fingerprint density at radius 2 is 1.94 bits per heavy atom. The summed E-state index contributed by atoms with van der Waals surface area (Å²) in [6.45, 7) is 0. The first-order valence-corrected chi connectivity index (χ1v) is 4.97. The molecule has 6 heteroatoms. The third kappa shape index (κ3) is 2.45. The lowest BCUT2D eigenvalue weighted by Crippen LogP contribution is -1.95. The maximum atomic E-state index is 13.4. The van der Waals surface area contributed by atoms with E-state index < -0.39 is 11.6 Å². The number of benzene rings is 1. The van der Waals surface area contributed by atoms with Crippen LogP contribution < -0.4 is 10.5 Å². The van der Waals surface area contributed by atoms with Gasteiger partial charge in [0.1, 0.15) is 16.6 Å². The molecule has 1 aromatic heterocycles. The molecule has 1 heterocycles. The van der Waals surface area contributed by atoms with Crippen molar-refractivity contribution in [3.8, 4) is 11.5 Å². The van der Waals surface area contributed by atoms with Crippen LogP contribution in [0.3, 0.4) is 0 Å². The topological polar surface area (TPSA) is 48.1 Å². The molecule has 88 valence electrons. The number of hydrogen-bond donors (Lipinski definition) is 1. The lowest BCUT2D eigenvalue weighted by molar-refractivity contribution is 0.437. The number of halogens is 3. The van der Waals surface area contributed by atoms with Crippen LogP contribution in [0.4, 0.5) is 14.5 Å². The fraction of sp³-hybridized carbons (Fsp3) is 0. The second-order valence-corrected chi connectivity index (χ2v) is 3.62. The summed E-state index contributed by atoms with van der Waals surface area (Å²) in [5.74, 6) is -1.63. The van der Waals surface area contributed by atoms with Gasteiger partial charge in [-0.1, -0.05) is 11.6 Å². The zero-order chi connectivity index (χ0) is 12.4. The van der Waals surface area contributed by atoms with Crippen LogP contribution in [-0.2, 0) is 0 Å². The number of hydrogen-bond acceptors (Lipinski definition) is 3. The number of aromatic nitrogens is 1. The first kappa shape index (κ1) is 11.6. The molecule has 0 aliphatic carbocycles. The average molecular weight is 257 g/mol. The molecule has 2 N–H and O–H groups in total. The lowest BCUT2D eigenvalue weighted by atomic mass is 10.3. The van der Waals surface area contributed by atoms with Crippen LogP contribution in [-0.4, -0.2) is 4.98 Å². The van der Waals surface area contributed by atoms with E-state index in [1.54, 1.807) is 0 Å². The molecule has 1 aromatic carbocycles. The Hall–Kier alpha value is -1.88. The molecular formula is C11H7ClF2N2O. The molecule has 0 spiro atoms. The summed E-state index contributed by atoms with van der Waals surface area (Å²) in [5, 5.41) is 0.198. The zero-order valence-electron chi connectivity index (χ0n) is 8.45. The number of anilines is 1. The molecule has 3 nitrogen and oxygen atoms in total. The van der Waals surface area contributed by atoms with Gasteiger partial charge in [0, 0.05) is 30.6 Å². The molecule has 0 aliphatic heterocycles. The van der Waals surface area contributed by atoms with Crippen molar-refractivity contribution >= 4 is 17.3 Å². The third-order valence-corrected chi connectivity index (χ3v) is 2.29. The van der Waals surface area contributed by atoms with E-state index in [4.69, 9.17) is 22.1 Å². The van der Waals surface area contributed by atoms with Gasteiger partial charge in [-0.15, -0.1) is 0 Å². The fourth-order valence-electron chi connectivity index (χ4n) is 1.19. The molecule has 17 heavy (non-hydrogen) atoms. The van der Waals surface area contributed by atoms with Crippen LogP contribution in [0.5, 0.6) is 11.5 Å². The maximum absolute atomic E-state index is 13.4. The summed E-state index contributed by atoms with van der Waals surface area (Å²) >= 11 is 5.77. The number of pyridine rings is 1. The van der Waals surface area contributed by atoms with Gasteiger partial charge in [0.2, 0.25) is 0 Å². The van der Waals surface area contributed by atoms with E-state index in [9.17, 15) is 8.78 Å². The summed E-state index contributed by atoms with van der Waals surface area (Å²) in [4.78, 5) is 3.74. The van der Waals surface area contributed by atoms with Crippen LogP contribution in [0, 0.1) is 11.6 Å². The second kappa shape index (κ2) is 4.55. The smallest absolute Gasteiger partial charge is 0.167 e. The highest BCUT2D eigenvalue weighted by atomic mass is 35.5. The molecular weight excluding hydrogens is 250 g/mol. The summed E-state index contributed by atoms with van der Waals surface area (Å²) in [6.07, 6.45) is 2.76. The Labute approximate surface area is 101 Å². The van der Waals surface area contributed by atoms with Gasteiger partial charge in [-0.3, -0.25) is 4.98 Å². The molecule has 2 rings (SSSR count). The highest BCUT2D eigenvalue weighted by molar-refractivity contribution is 6.31. The van der Waals surface area contributed by atoms with E-state index in [2.05, 4.69) is 4.98 Å². The minimum atomic E-state index is -0.767. The summed E-state index contributed by atoms with van der Waals surface area (Å²) in [7, 11) is 0. The van der Waals surface area contributed by atoms with Gasteiger partial charge in [0.05, 0.1) is 5.69 Å². The number of rotatable bonds is 2. The van der Waals surface area contributed by atoms with Crippen molar-refractivity contribution in [3.05, 3.63) is 47.2 Å². The van der Waals surface area contributed by atoms with Gasteiger partial charge in [-0.25, -0.2) is 8.78 Å². The Balaban J connectivity index is 2.37. The minimum Gasteiger partial charge on any atom is -0.452 e. The lowest BCUT2D eigenvalue weighted by Gasteiger charge is -2.08. The normalized spacial score (nSPS) is 10.3. The van der Waals surface area contributed by atoms with E-state index in [1.165, 1.54) is 18.5 Å². The largest absolute Gasteiger partial charge is 0.452 e. The summed E-state index contributed by atoms with van der Waals surface area (Å²) in [5.41, 5.74) is 4.92. The first-order valence-electron chi connectivity index (χ1n) is 4.60. The maximum Gasteiger partial charge on any atom is 0.167 e. The van der Waals surface area contributed by atoms with Gasteiger partial charge in [-0.2, -0.15) is 0 Å². The molecule has 0 radical (unpaired) electrons. The average Bonchev–Trinajstić information content (AvgIpc) is 2.29. The van der Waals surface area contributed by atoms with E-state index in [0.717, 1.165) is 12.1 Å². The van der Waals surface area contributed by atoms with Crippen molar-refractivity contribution in [1.29, 1.82) is 0 Å². The van der Waals surface area contributed by atoms with Crippen LogP contribution in [0.1, 0.15) is 0 Å². The molecule has 0 aliphatic rings. The van der Waals surface area contributed by atoms with Gasteiger partial charge >= 0.3 is 0 Å². The molecule has 0 saturated heterocycles. The first-order chi connectivity index (χ1) is 8.08. The molecule has 0 atom stereocenters. The number of nitrogens with two attached hydrogens (primary N) is 1. The van der Waals surface area contributed by atoms with Gasteiger partial charge in [-0.05, 0) is 0 Å². The predicted molar refractivity (Wildman–Crippen MR) is 60.1 cm³/mol. The van der Waals surface area contributed by atoms with Crippen molar-refractivity contribution in [2.75, 3.05) is 5.73 Å².